The highest BCUT2D eigenvalue weighted by molar-refractivity contribution is 7.85. The second-order valence-corrected chi connectivity index (χ2v) is 8.09. The summed E-state index contributed by atoms with van der Waals surface area (Å²) in [6.07, 6.45) is -7.89. The first kappa shape index (κ1) is 22.7. The van der Waals surface area contributed by atoms with Gasteiger partial charge in [0.15, 0.2) is 0 Å². The lowest BCUT2D eigenvalue weighted by Crippen LogP contribution is -2.40. The van der Waals surface area contributed by atoms with Crippen molar-refractivity contribution in [1.82, 2.24) is 0 Å². The molecule has 0 fully saturated rings. The normalized spacial score (nSPS) is 14.1. The summed E-state index contributed by atoms with van der Waals surface area (Å²) >= 11 is 0. The number of alkyl halides is 3. The zero-order valence-electron chi connectivity index (χ0n) is 14.6. The first-order valence-corrected chi connectivity index (χ1v) is 9.20. The summed E-state index contributed by atoms with van der Waals surface area (Å²) in [4.78, 5) is 0. The molecule has 142 valence electrons. The van der Waals surface area contributed by atoms with Crippen molar-refractivity contribution >= 4 is 25.8 Å². The molecule has 0 aromatic heterocycles. The maximum absolute atomic E-state index is 13.0. The molecule has 26 heavy (non-hydrogen) atoms. The molecule has 11 heteroatoms. The lowest BCUT2D eigenvalue weighted by atomic mass is 9.89. The van der Waals surface area contributed by atoms with E-state index in [2.05, 4.69) is 0 Å². The second-order valence-electron chi connectivity index (χ2n) is 6.59. The zero-order chi connectivity index (χ0) is 20.3. The third-order valence-corrected chi connectivity index (χ3v) is 3.79. The summed E-state index contributed by atoms with van der Waals surface area (Å²) in [5.41, 5.74) is 0.103. The summed E-state index contributed by atoms with van der Waals surface area (Å²) in [5.74, 6) is -1.57. The van der Waals surface area contributed by atoms with E-state index in [9.17, 15) is 21.6 Å². The van der Waals surface area contributed by atoms with Gasteiger partial charge in [0.05, 0.1) is 15.7 Å². The first-order chi connectivity index (χ1) is 11.7. The summed E-state index contributed by atoms with van der Waals surface area (Å²) < 4.78 is 80.1. The van der Waals surface area contributed by atoms with Gasteiger partial charge in [-0.15, -0.1) is 0 Å². The SMILES string of the molecule is [B]Cc1cc(OC(CS(=O)(=O)O)C(F)(F)F)cc(C[B])c1OC(C)(C)C. The Hall–Kier alpha value is -1.35. The lowest BCUT2D eigenvalue weighted by Gasteiger charge is -2.27. The van der Waals surface area contributed by atoms with Crippen LogP contribution in [0.2, 0.25) is 0 Å². The minimum Gasteiger partial charge on any atom is -0.488 e. The Morgan fingerprint density at radius 1 is 1.12 bits per heavy atom. The molecule has 1 unspecified atom stereocenters. The smallest absolute Gasteiger partial charge is 0.426 e. The van der Waals surface area contributed by atoms with Crippen molar-refractivity contribution in [3.63, 3.8) is 0 Å². The van der Waals surface area contributed by atoms with Crippen molar-refractivity contribution < 1.29 is 35.6 Å². The Morgan fingerprint density at radius 3 is 1.88 bits per heavy atom. The number of hydrogen-bond acceptors (Lipinski definition) is 4. The monoisotopic (exact) mass is 390 g/mol. The Morgan fingerprint density at radius 2 is 1.58 bits per heavy atom. The van der Waals surface area contributed by atoms with Crippen LogP contribution in [0.3, 0.4) is 0 Å². The van der Waals surface area contributed by atoms with Gasteiger partial charge < -0.3 is 9.47 Å². The minimum atomic E-state index is -5.01. The number of benzene rings is 1. The number of hydrogen-bond donors (Lipinski definition) is 1. The van der Waals surface area contributed by atoms with Crippen molar-refractivity contribution in [2.45, 2.75) is 51.3 Å². The Balaban J connectivity index is 3.31. The summed E-state index contributed by atoms with van der Waals surface area (Å²) in [6.45, 7) is 5.34. The van der Waals surface area contributed by atoms with E-state index >= 15 is 0 Å². The van der Waals surface area contributed by atoms with Crippen LogP contribution in [0.25, 0.3) is 0 Å². The highest BCUT2D eigenvalue weighted by Gasteiger charge is 2.44. The van der Waals surface area contributed by atoms with Crippen molar-refractivity contribution in [2.75, 3.05) is 5.75 Å². The van der Waals surface area contributed by atoms with Gasteiger partial charge in [-0.3, -0.25) is 4.55 Å². The van der Waals surface area contributed by atoms with E-state index in [1.165, 1.54) is 12.1 Å². The molecule has 1 aromatic rings. The summed E-state index contributed by atoms with van der Waals surface area (Å²) in [7, 11) is 6.38. The van der Waals surface area contributed by atoms with Crippen LogP contribution >= 0.6 is 0 Å². The third-order valence-electron chi connectivity index (χ3n) is 3.07. The van der Waals surface area contributed by atoms with Gasteiger partial charge in [0, 0.05) is 0 Å². The van der Waals surface area contributed by atoms with Crippen molar-refractivity contribution in [3.8, 4) is 11.5 Å². The minimum absolute atomic E-state index is 0.0649. The number of ether oxygens (including phenoxy) is 2. The van der Waals surface area contributed by atoms with Crippen LogP contribution in [-0.4, -0.2) is 52.3 Å². The van der Waals surface area contributed by atoms with E-state index in [1.54, 1.807) is 20.8 Å². The van der Waals surface area contributed by atoms with Gasteiger partial charge in [-0.25, -0.2) is 0 Å². The van der Waals surface area contributed by atoms with Crippen LogP contribution in [0.4, 0.5) is 13.2 Å². The highest BCUT2D eigenvalue weighted by Crippen LogP contribution is 2.34. The van der Waals surface area contributed by atoms with Crippen molar-refractivity contribution in [2.24, 2.45) is 0 Å². The molecule has 1 aromatic carbocycles. The van der Waals surface area contributed by atoms with E-state index in [-0.39, 0.29) is 18.4 Å². The fourth-order valence-electron chi connectivity index (χ4n) is 2.08. The molecule has 0 aliphatic rings. The zero-order valence-corrected chi connectivity index (χ0v) is 15.4. The van der Waals surface area contributed by atoms with E-state index in [4.69, 9.17) is 29.7 Å². The largest absolute Gasteiger partial charge is 0.488 e. The average molecular weight is 390 g/mol. The van der Waals surface area contributed by atoms with Gasteiger partial charge in [0.25, 0.3) is 10.1 Å². The molecule has 0 heterocycles. The molecule has 1 atom stereocenters. The molecule has 0 spiro atoms. The van der Waals surface area contributed by atoms with Gasteiger partial charge in [-0.2, -0.15) is 21.6 Å². The molecule has 0 aliphatic carbocycles. The van der Waals surface area contributed by atoms with Crippen LogP contribution in [0.1, 0.15) is 31.9 Å². The van der Waals surface area contributed by atoms with E-state index in [1.807, 2.05) is 0 Å². The molecule has 1 rings (SSSR count). The fraction of sp³-hybridized carbons (Fsp3) is 0.600. The van der Waals surface area contributed by atoms with Crippen LogP contribution in [-0.2, 0) is 22.8 Å². The maximum atomic E-state index is 13.0. The van der Waals surface area contributed by atoms with Crippen molar-refractivity contribution in [3.05, 3.63) is 23.3 Å². The molecule has 1 N–H and O–H groups in total. The third kappa shape index (κ3) is 7.11. The second kappa shape index (κ2) is 8.12. The predicted octanol–water partition coefficient (Wildman–Crippen LogP) is 2.40. The Kier molecular flexibility index (Phi) is 7.09. The van der Waals surface area contributed by atoms with Gasteiger partial charge in [0.1, 0.15) is 22.9 Å². The van der Waals surface area contributed by atoms with Crippen molar-refractivity contribution in [1.29, 1.82) is 0 Å². The fourth-order valence-corrected chi connectivity index (χ4v) is 2.72. The average Bonchev–Trinajstić information content (AvgIpc) is 2.43. The van der Waals surface area contributed by atoms with Crippen LogP contribution < -0.4 is 9.47 Å². The summed E-state index contributed by atoms with van der Waals surface area (Å²) in [6, 6.07) is 2.45. The van der Waals surface area contributed by atoms with Gasteiger partial charge in [-0.1, -0.05) is 12.6 Å². The molecule has 4 radical (unpaired) electrons. The van der Waals surface area contributed by atoms with E-state index < -0.39 is 33.8 Å². The highest BCUT2D eigenvalue weighted by atomic mass is 32.2. The van der Waals surface area contributed by atoms with Crippen LogP contribution in [0, 0.1) is 0 Å². The lowest BCUT2D eigenvalue weighted by molar-refractivity contribution is -0.188. The molecular weight excluding hydrogens is 371 g/mol. The van der Waals surface area contributed by atoms with E-state index in [0.717, 1.165) is 0 Å². The molecule has 0 bridgehead atoms. The molecule has 0 amide bonds. The standard InChI is InChI=1S/C15H19B2F3O5S/c1-14(2,3)25-13-9(6-16)4-11(5-10(13)7-17)24-12(15(18,19)20)8-26(21,22)23/h4-5,12H,6-8H2,1-3H3,(H,21,22,23). The first-order valence-electron chi connectivity index (χ1n) is 7.59. The molecule has 0 aliphatic heterocycles. The van der Waals surface area contributed by atoms with E-state index in [0.29, 0.717) is 16.9 Å². The Labute approximate surface area is 153 Å². The quantitative estimate of drug-likeness (QED) is 0.572. The molecular formula is C15H19B2F3O5S. The van der Waals surface area contributed by atoms with Crippen LogP contribution in [0.5, 0.6) is 11.5 Å². The van der Waals surface area contributed by atoms with Gasteiger partial charge in [0.2, 0.25) is 6.10 Å². The van der Waals surface area contributed by atoms with Gasteiger partial charge in [-0.05, 0) is 44.0 Å². The molecule has 5 nitrogen and oxygen atoms in total. The number of rotatable bonds is 7. The van der Waals surface area contributed by atoms with Crippen LogP contribution in [0.15, 0.2) is 12.1 Å². The molecule has 0 saturated heterocycles. The Bertz CT molecular complexity index is 705. The predicted molar refractivity (Wildman–Crippen MR) is 92.6 cm³/mol. The number of halogens is 3. The molecule has 0 saturated carbocycles. The van der Waals surface area contributed by atoms with Gasteiger partial charge >= 0.3 is 6.18 Å². The topological polar surface area (TPSA) is 72.8 Å². The summed E-state index contributed by atoms with van der Waals surface area (Å²) in [5, 5.41) is 0. The maximum Gasteiger partial charge on any atom is 0.426 e.